The topological polar surface area (TPSA) is 78.5 Å². The third-order valence-corrected chi connectivity index (χ3v) is 6.17. The highest BCUT2D eigenvalue weighted by Gasteiger charge is 2.25. The van der Waals surface area contributed by atoms with Crippen LogP contribution in [0, 0.1) is 0 Å². The molecule has 0 bridgehead atoms. The molecular formula is C19H22ClN3O3S. The van der Waals surface area contributed by atoms with E-state index in [4.69, 9.17) is 11.6 Å². The van der Waals surface area contributed by atoms with Gasteiger partial charge in [0.2, 0.25) is 10.0 Å². The van der Waals surface area contributed by atoms with E-state index in [0.29, 0.717) is 30.2 Å². The minimum atomic E-state index is -3.23. The predicted octanol–water partition coefficient (Wildman–Crippen LogP) is 3.54. The van der Waals surface area contributed by atoms with Crippen molar-refractivity contribution in [3.8, 4) is 0 Å². The molecule has 2 amide bonds. The number of nitrogens with one attached hydrogen (secondary N) is 2. The lowest BCUT2D eigenvalue weighted by atomic mass is 9.99. The van der Waals surface area contributed by atoms with Crippen molar-refractivity contribution in [1.82, 2.24) is 9.62 Å². The van der Waals surface area contributed by atoms with Crippen molar-refractivity contribution in [2.75, 3.05) is 18.1 Å². The Morgan fingerprint density at radius 1 is 1.19 bits per heavy atom. The smallest absolute Gasteiger partial charge is 0.319 e. The monoisotopic (exact) mass is 407 g/mol. The van der Waals surface area contributed by atoms with Gasteiger partial charge in [0.15, 0.2) is 0 Å². The van der Waals surface area contributed by atoms with Crippen LogP contribution in [0.2, 0.25) is 5.02 Å². The Morgan fingerprint density at radius 2 is 1.89 bits per heavy atom. The quantitative estimate of drug-likeness (QED) is 0.813. The summed E-state index contributed by atoms with van der Waals surface area (Å²) >= 11 is 5.89. The predicted molar refractivity (Wildman–Crippen MR) is 107 cm³/mol. The number of carbonyl (C=O) groups excluding carboxylic acids is 1. The van der Waals surface area contributed by atoms with Crippen LogP contribution in [-0.2, 0) is 23.0 Å². The maximum Gasteiger partial charge on any atom is 0.319 e. The fourth-order valence-electron chi connectivity index (χ4n) is 3.17. The third-order valence-electron chi connectivity index (χ3n) is 4.67. The number of sulfonamides is 1. The van der Waals surface area contributed by atoms with Gasteiger partial charge in [-0.2, -0.15) is 4.31 Å². The number of rotatable bonds is 4. The molecule has 0 saturated carbocycles. The number of hydrogen-bond donors (Lipinski definition) is 2. The van der Waals surface area contributed by atoms with E-state index in [0.717, 1.165) is 16.7 Å². The molecule has 0 fully saturated rings. The highest BCUT2D eigenvalue weighted by atomic mass is 35.5. The van der Waals surface area contributed by atoms with Crippen LogP contribution in [0.15, 0.2) is 42.5 Å². The molecule has 0 saturated heterocycles. The van der Waals surface area contributed by atoms with Gasteiger partial charge >= 0.3 is 6.03 Å². The summed E-state index contributed by atoms with van der Waals surface area (Å²) < 4.78 is 25.0. The molecule has 3 rings (SSSR count). The van der Waals surface area contributed by atoms with Crippen LogP contribution in [0.1, 0.15) is 29.7 Å². The first-order valence-corrected chi connectivity index (χ1v) is 10.9. The second-order valence-corrected chi connectivity index (χ2v) is 9.08. The summed E-state index contributed by atoms with van der Waals surface area (Å²) in [5, 5.41) is 6.44. The third kappa shape index (κ3) is 4.80. The molecule has 2 aromatic carbocycles. The first-order valence-electron chi connectivity index (χ1n) is 8.63. The number of nitrogens with zero attached hydrogens (tertiary/aromatic N) is 1. The molecule has 2 N–H and O–H groups in total. The number of carbonyl (C=O) groups is 1. The van der Waals surface area contributed by atoms with Crippen molar-refractivity contribution in [1.29, 1.82) is 0 Å². The summed E-state index contributed by atoms with van der Waals surface area (Å²) in [5.74, 6) is 0. The summed E-state index contributed by atoms with van der Waals surface area (Å²) in [4.78, 5) is 12.4. The van der Waals surface area contributed by atoms with Gasteiger partial charge in [0, 0.05) is 23.8 Å². The Balaban J connectivity index is 1.69. The zero-order chi connectivity index (χ0) is 19.6. The summed E-state index contributed by atoms with van der Waals surface area (Å²) in [6.45, 7) is 2.63. The minimum absolute atomic E-state index is 0.178. The Kier molecular flexibility index (Phi) is 5.74. The van der Waals surface area contributed by atoms with E-state index in [1.165, 1.54) is 10.6 Å². The molecular weight excluding hydrogens is 386 g/mol. The van der Waals surface area contributed by atoms with E-state index in [1.807, 2.05) is 37.3 Å². The van der Waals surface area contributed by atoms with E-state index < -0.39 is 10.0 Å². The van der Waals surface area contributed by atoms with Gasteiger partial charge in [-0.25, -0.2) is 13.2 Å². The van der Waals surface area contributed by atoms with Gasteiger partial charge in [0.25, 0.3) is 0 Å². The summed E-state index contributed by atoms with van der Waals surface area (Å²) in [6, 6.07) is 12.4. The lowest BCUT2D eigenvalue weighted by Gasteiger charge is -2.28. The van der Waals surface area contributed by atoms with E-state index in [9.17, 15) is 13.2 Å². The maximum absolute atomic E-state index is 12.4. The number of amides is 2. The molecule has 0 spiro atoms. The van der Waals surface area contributed by atoms with Crippen LogP contribution in [0.5, 0.6) is 0 Å². The summed E-state index contributed by atoms with van der Waals surface area (Å²) in [5.41, 5.74) is 3.55. The number of urea groups is 1. The lowest BCUT2D eigenvalue weighted by molar-refractivity contribution is 0.249. The number of halogens is 1. The van der Waals surface area contributed by atoms with E-state index in [-0.39, 0.29) is 12.1 Å². The van der Waals surface area contributed by atoms with Crippen molar-refractivity contribution in [2.24, 2.45) is 0 Å². The van der Waals surface area contributed by atoms with Crippen LogP contribution in [0.25, 0.3) is 0 Å². The van der Waals surface area contributed by atoms with Crippen molar-refractivity contribution in [3.63, 3.8) is 0 Å². The largest absolute Gasteiger partial charge is 0.331 e. The molecule has 0 radical (unpaired) electrons. The average molecular weight is 408 g/mol. The molecule has 0 aromatic heterocycles. The van der Waals surface area contributed by atoms with Crippen molar-refractivity contribution in [3.05, 3.63) is 64.2 Å². The molecule has 1 unspecified atom stereocenters. The number of benzene rings is 2. The fraction of sp³-hybridized carbons (Fsp3) is 0.316. The normalized spacial score (nSPS) is 15.7. The van der Waals surface area contributed by atoms with Crippen molar-refractivity contribution < 1.29 is 13.2 Å². The molecule has 2 aromatic rings. The zero-order valence-corrected chi connectivity index (χ0v) is 16.8. The highest BCUT2D eigenvalue weighted by molar-refractivity contribution is 7.88. The molecule has 1 heterocycles. The van der Waals surface area contributed by atoms with E-state index in [1.54, 1.807) is 12.1 Å². The van der Waals surface area contributed by atoms with Crippen LogP contribution in [0.4, 0.5) is 10.5 Å². The second kappa shape index (κ2) is 7.88. The molecule has 1 aliphatic rings. The van der Waals surface area contributed by atoms with Crippen LogP contribution < -0.4 is 10.6 Å². The fourth-order valence-corrected chi connectivity index (χ4v) is 4.10. The van der Waals surface area contributed by atoms with Gasteiger partial charge in [0.05, 0.1) is 12.3 Å². The van der Waals surface area contributed by atoms with Gasteiger partial charge in [-0.05, 0) is 48.2 Å². The minimum Gasteiger partial charge on any atom is -0.331 e. The van der Waals surface area contributed by atoms with Crippen molar-refractivity contribution >= 4 is 33.3 Å². The molecule has 6 nitrogen and oxygen atoms in total. The number of anilines is 1. The number of fused-ring (bicyclic) bond motifs is 1. The SMILES string of the molecule is CC(NC(=O)Nc1cccc2c1CCN(S(C)(=O)=O)C2)c1ccc(Cl)cc1. The Bertz CT molecular complexity index is 945. The Labute approximate surface area is 164 Å². The average Bonchev–Trinajstić information content (AvgIpc) is 2.61. The Morgan fingerprint density at radius 3 is 2.56 bits per heavy atom. The number of hydrogen-bond acceptors (Lipinski definition) is 3. The molecule has 1 aliphatic heterocycles. The van der Waals surface area contributed by atoms with Gasteiger partial charge < -0.3 is 10.6 Å². The molecule has 144 valence electrons. The van der Waals surface area contributed by atoms with Crippen LogP contribution in [0.3, 0.4) is 0 Å². The molecule has 27 heavy (non-hydrogen) atoms. The maximum atomic E-state index is 12.4. The second-order valence-electron chi connectivity index (χ2n) is 6.66. The first-order chi connectivity index (χ1) is 12.7. The zero-order valence-electron chi connectivity index (χ0n) is 15.2. The van der Waals surface area contributed by atoms with Crippen LogP contribution in [-0.4, -0.2) is 31.6 Å². The molecule has 8 heteroatoms. The van der Waals surface area contributed by atoms with E-state index in [2.05, 4.69) is 10.6 Å². The van der Waals surface area contributed by atoms with Gasteiger partial charge in [-0.15, -0.1) is 0 Å². The van der Waals surface area contributed by atoms with Gasteiger partial charge in [-0.3, -0.25) is 0 Å². The standard InChI is InChI=1S/C19H22ClN3O3S/c1-13(14-6-8-16(20)9-7-14)21-19(24)22-18-5-3-4-15-12-23(27(2,25)26)11-10-17(15)18/h3-9,13H,10-12H2,1-2H3,(H2,21,22,24). The van der Waals surface area contributed by atoms with E-state index >= 15 is 0 Å². The van der Waals surface area contributed by atoms with Gasteiger partial charge in [0.1, 0.15) is 0 Å². The summed E-state index contributed by atoms with van der Waals surface area (Å²) in [7, 11) is -3.23. The van der Waals surface area contributed by atoms with Gasteiger partial charge in [-0.1, -0.05) is 35.9 Å². The Hall–Kier alpha value is -2.09. The van der Waals surface area contributed by atoms with Crippen LogP contribution >= 0.6 is 11.6 Å². The molecule has 0 aliphatic carbocycles. The first kappa shape index (κ1) is 19.7. The lowest BCUT2D eigenvalue weighted by Crippen LogP contribution is -2.36. The molecule has 1 atom stereocenters. The highest BCUT2D eigenvalue weighted by Crippen LogP contribution is 2.27. The van der Waals surface area contributed by atoms with Crippen molar-refractivity contribution in [2.45, 2.75) is 25.9 Å². The summed E-state index contributed by atoms with van der Waals surface area (Å²) in [6.07, 6.45) is 1.78.